The topological polar surface area (TPSA) is 40.9 Å². The normalized spacial score (nSPS) is 26.1. The quantitative estimate of drug-likeness (QED) is 0.750. The molecule has 2 atom stereocenters. The van der Waals surface area contributed by atoms with E-state index >= 15 is 0 Å². The van der Waals surface area contributed by atoms with Crippen LogP contribution in [-0.4, -0.2) is 5.78 Å². The fraction of sp³-hybridized carbons (Fsp3) is 0.529. The zero-order chi connectivity index (χ0) is 13.9. The van der Waals surface area contributed by atoms with E-state index in [2.05, 4.69) is 19.9 Å². The van der Waals surface area contributed by atoms with Crippen LogP contribution in [0.15, 0.2) is 24.3 Å². The molecular weight excluding hydrogens is 234 g/mol. The van der Waals surface area contributed by atoms with Crippen molar-refractivity contribution in [2.45, 2.75) is 46.0 Å². The first-order chi connectivity index (χ1) is 9.06. The molecule has 0 heterocycles. The number of benzene rings is 1. The molecule has 0 bridgehead atoms. The van der Waals surface area contributed by atoms with Gasteiger partial charge in [-0.1, -0.05) is 32.4 Å². The van der Waals surface area contributed by atoms with E-state index in [9.17, 15) is 4.79 Å². The van der Waals surface area contributed by atoms with Crippen molar-refractivity contribution in [1.29, 1.82) is 5.26 Å². The molecule has 1 aromatic rings. The number of hydrogen-bond acceptors (Lipinski definition) is 2. The van der Waals surface area contributed by atoms with Crippen molar-refractivity contribution in [2.75, 3.05) is 0 Å². The zero-order valence-corrected chi connectivity index (χ0v) is 11.8. The Kier molecular flexibility index (Phi) is 4.04. The van der Waals surface area contributed by atoms with Crippen molar-refractivity contribution in [3.8, 4) is 6.07 Å². The molecule has 2 rings (SSSR count). The van der Waals surface area contributed by atoms with Crippen molar-refractivity contribution >= 4 is 5.78 Å². The van der Waals surface area contributed by atoms with E-state index in [-0.39, 0.29) is 11.2 Å². The third-order valence-electron chi connectivity index (χ3n) is 4.44. The Morgan fingerprint density at radius 3 is 2.63 bits per heavy atom. The number of carbonyl (C=O) groups is 1. The van der Waals surface area contributed by atoms with E-state index in [1.807, 2.05) is 0 Å². The molecule has 0 aliphatic heterocycles. The summed E-state index contributed by atoms with van der Waals surface area (Å²) in [4.78, 5) is 12.3. The van der Waals surface area contributed by atoms with Crippen molar-refractivity contribution in [2.24, 2.45) is 11.3 Å². The smallest absolute Gasteiger partial charge is 0.163 e. The van der Waals surface area contributed by atoms with E-state index in [0.29, 0.717) is 12.0 Å². The van der Waals surface area contributed by atoms with Crippen LogP contribution in [0, 0.1) is 22.7 Å². The van der Waals surface area contributed by atoms with E-state index < -0.39 is 0 Å². The maximum atomic E-state index is 12.3. The van der Waals surface area contributed by atoms with Crippen molar-refractivity contribution in [3.63, 3.8) is 0 Å². The number of nitrogens with zero attached hydrogens (tertiary/aromatic N) is 1. The average molecular weight is 255 g/mol. The number of rotatable bonds is 4. The van der Waals surface area contributed by atoms with Crippen LogP contribution in [0.2, 0.25) is 0 Å². The maximum Gasteiger partial charge on any atom is 0.163 e. The summed E-state index contributed by atoms with van der Waals surface area (Å²) in [6.45, 7) is 4.48. The van der Waals surface area contributed by atoms with E-state index in [1.54, 1.807) is 24.3 Å². The predicted octanol–water partition coefficient (Wildman–Crippen LogP) is 4.35. The molecule has 19 heavy (non-hydrogen) atoms. The molecular formula is C17H21NO. The van der Waals surface area contributed by atoms with Crippen LogP contribution >= 0.6 is 0 Å². The number of carbonyl (C=O) groups excluding carboxylic acids is 1. The molecule has 2 nitrogen and oxygen atoms in total. The van der Waals surface area contributed by atoms with Gasteiger partial charge in [0.25, 0.3) is 0 Å². The van der Waals surface area contributed by atoms with E-state index in [0.717, 1.165) is 17.9 Å². The molecule has 2 heteroatoms. The Hall–Kier alpha value is -1.62. The maximum absolute atomic E-state index is 12.3. The molecule has 0 radical (unpaired) electrons. The van der Waals surface area contributed by atoms with Crippen LogP contribution in [0.5, 0.6) is 0 Å². The highest BCUT2D eigenvalue weighted by molar-refractivity contribution is 5.96. The lowest BCUT2D eigenvalue weighted by atomic mass is 9.81. The second-order valence-electron chi connectivity index (χ2n) is 6.12. The summed E-state index contributed by atoms with van der Waals surface area (Å²) in [5.74, 6) is 1.00. The van der Waals surface area contributed by atoms with Gasteiger partial charge >= 0.3 is 0 Å². The Morgan fingerprint density at radius 2 is 2.11 bits per heavy atom. The minimum absolute atomic E-state index is 0.172. The molecule has 100 valence electrons. The predicted molar refractivity (Wildman–Crippen MR) is 75.8 cm³/mol. The summed E-state index contributed by atoms with van der Waals surface area (Å²) in [6, 6.07) is 9.07. The summed E-state index contributed by atoms with van der Waals surface area (Å²) in [5.41, 5.74) is 1.51. The molecule has 2 unspecified atom stereocenters. The van der Waals surface area contributed by atoms with Gasteiger partial charge in [-0.15, -0.1) is 0 Å². The van der Waals surface area contributed by atoms with Crippen molar-refractivity contribution in [1.82, 2.24) is 0 Å². The first-order valence-corrected chi connectivity index (χ1v) is 7.10. The van der Waals surface area contributed by atoms with Gasteiger partial charge in [-0.3, -0.25) is 4.79 Å². The molecule has 1 saturated carbocycles. The van der Waals surface area contributed by atoms with Gasteiger partial charge in [0.2, 0.25) is 0 Å². The average Bonchev–Trinajstić information content (AvgIpc) is 2.80. The molecule has 1 aromatic carbocycles. The highest BCUT2D eigenvalue weighted by Gasteiger charge is 2.35. The summed E-state index contributed by atoms with van der Waals surface area (Å²) in [7, 11) is 0. The summed E-state index contributed by atoms with van der Waals surface area (Å²) >= 11 is 0. The second-order valence-corrected chi connectivity index (χ2v) is 6.12. The molecule has 0 aromatic heterocycles. The lowest BCUT2D eigenvalue weighted by Gasteiger charge is -2.23. The van der Waals surface area contributed by atoms with Crippen LogP contribution < -0.4 is 0 Å². The molecule has 0 spiro atoms. The standard InChI is InChI=1S/C17H21NO/c1-3-13-8-9-17(2,10-13)11-16(19)15-6-4-14(12-18)5-7-15/h4-7,13H,3,8-11H2,1-2H3. The molecule has 0 saturated heterocycles. The minimum Gasteiger partial charge on any atom is -0.294 e. The van der Waals surface area contributed by atoms with Gasteiger partial charge in [-0.2, -0.15) is 5.26 Å². The SMILES string of the molecule is CCC1CCC(C)(CC(=O)c2ccc(C#N)cc2)C1. The molecule has 1 aliphatic carbocycles. The largest absolute Gasteiger partial charge is 0.294 e. The molecule has 1 aliphatic rings. The lowest BCUT2D eigenvalue weighted by molar-refractivity contribution is 0.0921. The Balaban J connectivity index is 2.03. The van der Waals surface area contributed by atoms with Gasteiger partial charge in [-0.25, -0.2) is 0 Å². The van der Waals surface area contributed by atoms with Gasteiger partial charge in [0, 0.05) is 12.0 Å². The highest BCUT2D eigenvalue weighted by Crippen LogP contribution is 2.45. The Morgan fingerprint density at radius 1 is 1.42 bits per heavy atom. The first kappa shape index (κ1) is 13.8. The van der Waals surface area contributed by atoms with Gasteiger partial charge < -0.3 is 0 Å². The Bertz CT molecular complexity index is 497. The van der Waals surface area contributed by atoms with Crippen LogP contribution in [0.1, 0.15) is 61.9 Å². The van der Waals surface area contributed by atoms with Crippen LogP contribution in [0.4, 0.5) is 0 Å². The first-order valence-electron chi connectivity index (χ1n) is 7.10. The monoisotopic (exact) mass is 255 g/mol. The van der Waals surface area contributed by atoms with Crippen LogP contribution in [-0.2, 0) is 0 Å². The van der Waals surface area contributed by atoms with Crippen LogP contribution in [0.25, 0.3) is 0 Å². The number of Topliss-reactive ketones (excluding diaryl/α,β-unsaturated/α-hetero) is 1. The number of hydrogen-bond donors (Lipinski definition) is 0. The Labute approximate surface area is 115 Å². The summed E-state index contributed by atoms with van der Waals surface area (Å²) in [5, 5.41) is 8.76. The lowest BCUT2D eigenvalue weighted by Crippen LogP contribution is -2.18. The zero-order valence-electron chi connectivity index (χ0n) is 11.8. The minimum atomic E-state index is 0.172. The second kappa shape index (κ2) is 5.57. The van der Waals surface area contributed by atoms with Crippen molar-refractivity contribution < 1.29 is 4.79 Å². The molecule has 0 N–H and O–H groups in total. The summed E-state index contributed by atoms with van der Waals surface area (Å²) < 4.78 is 0. The fourth-order valence-corrected chi connectivity index (χ4v) is 3.18. The summed E-state index contributed by atoms with van der Waals surface area (Å²) in [6.07, 6.45) is 5.45. The van der Waals surface area contributed by atoms with E-state index in [4.69, 9.17) is 5.26 Å². The highest BCUT2D eigenvalue weighted by atomic mass is 16.1. The van der Waals surface area contributed by atoms with Gasteiger partial charge in [0.15, 0.2) is 5.78 Å². The van der Waals surface area contributed by atoms with Crippen molar-refractivity contribution in [3.05, 3.63) is 35.4 Å². The number of nitriles is 1. The molecule has 1 fully saturated rings. The third-order valence-corrected chi connectivity index (χ3v) is 4.44. The van der Waals surface area contributed by atoms with E-state index in [1.165, 1.54) is 19.3 Å². The van der Waals surface area contributed by atoms with Crippen LogP contribution in [0.3, 0.4) is 0 Å². The van der Waals surface area contributed by atoms with Gasteiger partial charge in [-0.05, 0) is 42.7 Å². The number of ketones is 1. The molecule has 0 amide bonds. The van der Waals surface area contributed by atoms with Gasteiger partial charge in [0.05, 0.1) is 11.6 Å². The third kappa shape index (κ3) is 3.23. The fourth-order valence-electron chi connectivity index (χ4n) is 3.18. The van der Waals surface area contributed by atoms with Gasteiger partial charge in [0.1, 0.15) is 0 Å².